The lowest BCUT2D eigenvalue weighted by atomic mass is 9.90. The highest BCUT2D eigenvalue weighted by Gasteiger charge is 2.20. The SMILES string of the molecule is COc1ccc(O)c(C(=O)NCC(C)(C)CCCl)c1. The molecule has 0 radical (unpaired) electrons. The summed E-state index contributed by atoms with van der Waals surface area (Å²) >= 11 is 5.71. The minimum atomic E-state index is -0.320. The molecule has 1 amide bonds. The Balaban J connectivity index is 2.73. The number of aromatic hydroxyl groups is 1. The van der Waals surface area contributed by atoms with Gasteiger partial charge in [0.05, 0.1) is 12.7 Å². The van der Waals surface area contributed by atoms with Crippen molar-refractivity contribution >= 4 is 17.5 Å². The first kappa shape index (κ1) is 15.6. The average molecular weight is 286 g/mol. The van der Waals surface area contributed by atoms with Crippen LogP contribution in [0.3, 0.4) is 0 Å². The van der Waals surface area contributed by atoms with Gasteiger partial charge in [0.2, 0.25) is 0 Å². The summed E-state index contributed by atoms with van der Waals surface area (Å²) in [6.45, 7) is 4.55. The quantitative estimate of drug-likeness (QED) is 0.790. The molecule has 0 aliphatic rings. The number of hydrogen-bond acceptors (Lipinski definition) is 3. The monoisotopic (exact) mass is 285 g/mol. The van der Waals surface area contributed by atoms with E-state index < -0.39 is 0 Å². The van der Waals surface area contributed by atoms with E-state index in [0.29, 0.717) is 18.2 Å². The summed E-state index contributed by atoms with van der Waals surface area (Å²) in [6, 6.07) is 4.56. The number of hydrogen-bond donors (Lipinski definition) is 2. The highest BCUT2D eigenvalue weighted by atomic mass is 35.5. The Morgan fingerprint density at radius 1 is 1.47 bits per heavy atom. The van der Waals surface area contributed by atoms with Gasteiger partial charge in [-0.05, 0) is 30.0 Å². The van der Waals surface area contributed by atoms with Crippen LogP contribution in [0.1, 0.15) is 30.6 Å². The highest BCUT2D eigenvalue weighted by Crippen LogP contribution is 2.24. The van der Waals surface area contributed by atoms with E-state index in [9.17, 15) is 9.90 Å². The standard InChI is InChI=1S/C14H20ClNO3/c1-14(2,6-7-15)9-16-13(18)11-8-10(19-3)4-5-12(11)17/h4-5,8,17H,6-7,9H2,1-3H3,(H,16,18). The molecule has 0 heterocycles. The largest absolute Gasteiger partial charge is 0.507 e. The first-order chi connectivity index (χ1) is 8.89. The molecule has 2 N–H and O–H groups in total. The summed E-state index contributed by atoms with van der Waals surface area (Å²) in [5.74, 6) is 0.697. The van der Waals surface area contributed by atoms with Crippen LogP contribution in [0.2, 0.25) is 0 Å². The number of halogens is 1. The second-order valence-corrected chi connectivity index (χ2v) is 5.55. The Labute approximate surface area is 118 Å². The number of phenolic OH excluding ortho intramolecular Hbond substituents is 1. The van der Waals surface area contributed by atoms with Gasteiger partial charge in [0.25, 0.3) is 5.91 Å². The molecule has 0 atom stereocenters. The molecule has 0 unspecified atom stereocenters. The molecule has 106 valence electrons. The molecule has 0 fully saturated rings. The lowest BCUT2D eigenvalue weighted by molar-refractivity contribution is 0.0933. The fraction of sp³-hybridized carbons (Fsp3) is 0.500. The maximum absolute atomic E-state index is 12.0. The number of alkyl halides is 1. The van der Waals surface area contributed by atoms with Crippen molar-refractivity contribution in [3.63, 3.8) is 0 Å². The van der Waals surface area contributed by atoms with E-state index in [1.54, 1.807) is 6.07 Å². The second kappa shape index (κ2) is 6.66. The maximum Gasteiger partial charge on any atom is 0.255 e. The molecular formula is C14H20ClNO3. The van der Waals surface area contributed by atoms with Crippen LogP contribution in [0.15, 0.2) is 18.2 Å². The zero-order valence-electron chi connectivity index (χ0n) is 11.5. The van der Waals surface area contributed by atoms with Crippen molar-refractivity contribution in [3.05, 3.63) is 23.8 Å². The number of amides is 1. The predicted octanol–water partition coefficient (Wildman–Crippen LogP) is 2.79. The Hall–Kier alpha value is -1.42. The van der Waals surface area contributed by atoms with E-state index >= 15 is 0 Å². The Morgan fingerprint density at radius 2 is 2.16 bits per heavy atom. The summed E-state index contributed by atoms with van der Waals surface area (Å²) in [5.41, 5.74) is 0.132. The number of nitrogens with one attached hydrogen (secondary N) is 1. The van der Waals surface area contributed by atoms with Crippen LogP contribution in [-0.4, -0.2) is 30.5 Å². The van der Waals surface area contributed by atoms with Gasteiger partial charge in [0.15, 0.2) is 0 Å². The van der Waals surface area contributed by atoms with Crippen molar-refractivity contribution in [1.82, 2.24) is 5.32 Å². The lowest BCUT2D eigenvalue weighted by Gasteiger charge is -2.23. The zero-order valence-corrected chi connectivity index (χ0v) is 12.3. The summed E-state index contributed by atoms with van der Waals surface area (Å²) in [5, 5.41) is 12.5. The summed E-state index contributed by atoms with van der Waals surface area (Å²) in [6.07, 6.45) is 0.804. The molecule has 19 heavy (non-hydrogen) atoms. The van der Waals surface area contributed by atoms with Crippen LogP contribution in [0.4, 0.5) is 0 Å². The molecule has 0 saturated carbocycles. The smallest absolute Gasteiger partial charge is 0.255 e. The molecular weight excluding hydrogens is 266 g/mol. The molecule has 1 aromatic carbocycles. The first-order valence-corrected chi connectivity index (χ1v) is 6.64. The molecule has 0 aliphatic heterocycles. The highest BCUT2D eigenvalue weighted by molar-refractivity contribution is 6.17. The van der Waals surface area contributed by atoms with Crippen molar-refractivity contribution in [2.24, 2.45) is 5.41 Å². The van der Waals surface area contributed by atoms with E-state index in [0.717, 1.165) is 6.42 Å². The van der Waals surface area contributed by atoms with Crippen LogP contribution < -0.4 is 10.1 Å². The third-order valence-electron chi connectivity index (χ3n) is 2.95. The van der Waals surface area contributed by atoms with Crippen LogP contribution in [0.25, 0.3) is 0 Å². The van der Waals surface area contributed by atoms with Gasteiger partial charge in [0, 0.05) is 12.4 Å². The Bertz CT molecular complexity index is 446. The minimum Gasteiger partial charge on any atom is -0.507 e. The maximum atomic E-state index is 12.0. The lowest BCUT2D eigenvalue weighted by Crippen LogP contribution is -2.34. The summed E-state index contributed by atoms with van der Waals surface area (Å²) < 4.78 is 5.04. The topological polar surface area (TPSA) is 58.6 Å². The van der Waals surface area contributed by atoms with Gasteiger partial charge in [-0.2, -0.15) is 0 Å². The Kier molecular flexibility index (Phi) is 5.48. The van der Waals surface area contributed by atoms with E-state index in [-0.39, 0.29) is 22.6 Å². The Morgan fingerprint density at radius 3 is 2.74 bits per heavy atom. The van der Waals surface area contributed by atoms with Crippen molar-refractivity contribution in [2.75, 3.05) is 19.5 Å². The predicted molar refractivity (Wildman–Crippen MR) is 76.1 cm³/mol. The number of ether oxygens (including phenoxy) is 1. The van der Waals surface area contributed by atoms with Crippen molar-refractivity contribution in [2.45, 2.75) is 20.3 Å². The van der Waals surface area contributed by atoms with Gasteiger partial charge in [-0.3, -0.25) is 4.79 Å². The zero-order chi connectivity index (χ0) is 14.5. The van der Waals surface area contributed by atoms with E-state index in [4.69, 9.17) is 16.3 Å². The molecule has 0 spiro atoms. The van der Waals surface area contributed by atoms with Gasteiger partial charge in [-0.25, -0.2) is 0 Å². The number of carbonyl (C=O) groups excluding carboxylic acids is 1. The third-order valence-corrected chi connectivity index (χ3v) is 3.14. The number of rotatable bonds is 6. The van der Waals surface area contributed by atoms with Crippen LogP contribution >= 0.6 is 11.6 Å². The first-order valence-electron chi connectivity index (χ1n) is 6.11. The summed E-state index contributed by atoms with van der Waals surface area (Å²) in [4.78, 5) is 12.0. The molecule has 0 aliphatic carbocycles. The molecule has 1 rings (SSSR count). The molecule has 0 saturated heterocycles. The van der Waals surface area contributed by atoms with Crippen LogP contribution in [0.5, 0.6) is 11.5 Å². The second-order valence-electron chi connectivity index (χ2n) is 5.17. The van der Waals surface area contributed by atoms with Gasteiger partial charge in [-0.15, -0.1) is 11.6 Å². The van der Waals surface area contributed by atoms with Crippen molar-refractivity contribution in [3.8, 4) is 11.5 Å². The van der Waals surface area contributed by atoms with Gasteiger partial charge in [-0.1, -0.05) is 13.8 Å². The molecule has 5 heteroatoms. The van der Waals surface area contributed by atoms with E-state index in [1.165, 1.54) is 19.2 Å². The van der Waals surface area contributed by atoms with Crippen molar-refractivity contribution < 1.29 is 14.6 Å². The minimum absolute atomic E-state index is 0.0616. The van der Waals surface area contributed by atoms with Crippen LogP contribution in [0, 0.1) is 5.41 Å². The van der Waals surface area contributed by atoms with Gasteiger partial charge >= 0.3 is 0 Å². The molecule has 4 nitrogen and oxygen atoms in total. The van der Waals surface area contributed by atoms with E-state index in [1.807, 2.05) is 13.8 Å². The number of phenols is 1. The third kappa shape index (κ3) is 4.63. The number of methoxy groups -OCH3 is 1. The normalized spacial score (nSPS) is 11.2. The van der Waals surface area contributed by atoms with Crippen molar-refractivity contribution in [1.29, 1.82) is 0 Å². The number of benzene rings is 1. The van der Waals surface area contributed by atoms with Gasteiger partial charge < -0.3 is 15.2 Å². The number of carbonyl (C=O) groups is 1. The average Bonchev–Trinajstić information content (AvgIpc) is 2.36. The molecule has 1 aromatic rings. The fourth-order valence-corrected chi connectivity index (χ4v) is 2.09. The summed E-state index contributed by atoms with van der Waals surface area (Å²) in [7, 11) is 1.51. The van der Waals surface area contributed by atoms with E-state index in [2.05, 4.69) is 5.32 Å². The van der Waals surface area contributed by atoms with Gasteiger partial charge in [0.1, 0.15) is 11.5 Å². The van der Waals surface area contributed by atoms with Crippen LogP contribution in [-0.2, 0) is 0 Å². The fourth-order valence-electron chi connectivity index (χ4n) is 1.58. The molecule has 0 aromatic heterocycles. The molecule has 0 bridgehead atoms.